The Kier molecular flexibility index (Phi) is 3.57. The van der Waals surface area contributed by atoms with Gasteiger partial charge in [-0.1, -0.05) is 12.1 Å². The minimum Gasteiger partial charge on any atom is -0.482 e. The van der Waals surface area contributed by atoms with E-state index in [1.165, 1.54) is 0 Å². The number of morpholine rings is 1. The molecule has 5 heteroatoms. The van der Waals surface area contributed by atoms with Crippen LogP contribution in [0, 0.1) is 11.3 Å². The van der Waals surface area contributed by atoms with Crippen LogP contribution in [0.15, 0.2) is 24.3 Å². The van der Waals surface area contributed by atoms with Crippen molar-refractivity contribution in [2.75, 3.05) is 19.7 Å². The Morgan fingerprint density at radius 1 is 1.35 bits per heavy atom. The number of nitrogens with zero attached hydrogens (tertiary/aromatic N) is 2. The number of amides is 1. The summed E-state index contributed by atoms with van der Waals surface area (Å²) in [6.07, 6.45) is 2.44. The molecule has 2 heterocycles. The third kappa shape index (κ3) is 2.61. The lowest BCUT2D eigenvalue weighted by Crippen LogP contribution is -2.47. The molecule has 0 radical (unpaired) electrons. The maximum Gasteiger partial charge on any atom is 0.260 e. The number of ether oxygens (including phenoxy) is 2. The number of rotatable bonds is 3. The molecule has 0 saturated carbocycles. The summed E-state index contributed by atoms with van der Waals surface area (Å²) in [5.41, 5.74) is 0.447. The standard InChI is InChI=1S/C15H16N2O3/c16-7-11-3-1-2-4-14(11)19-10-15(18)17-8-12-5-6-13(9-17)20-12/h1-4,12-13H,5-6,8-10H2. The normalized spacial score (nSPS) is 24.2. The second-order valence-corrected chi connectivity index (χ2v) is 5.15. The maximum absolute atomic E-state index is 12.2. The highest BCUT2D eigenvalue weighted by molar-refractivity contribution is 5.78. The number of fused-ring (bicyclic) bond motifs is 2. The van der Waals surface area contributed by atoms with Crippen molar-refractivity contribution in [1.82, 2.24) is 4.90 Å². The molecular formula is C15H16N2O3. The molecule has 2 saturated heterocycles. The smallest absolute Gasteiger partial charge is 0.260 e. The monoisotopic (exact) mass is 272 g/mol. The van der Waals surface area contributed by atoms with Gasteiger partial charge in [-0.3, -0.25) is 4.79 Å². The largest absolute Gasteiger partial charge is 0.482 e. The molecular weight excluding hydrogens is 256 g/mol. The summed E-state index contributed by atoms with van der Waals surface area (Å²) in [6, 6.07) is 8.99. The lowest BCUT2D eigenvalue weighted by molar-refractivity contribution is -0.141. The van der Waals surface area contributed by atoms with E-state index in [9.17, 15) is 4.79 Å². The zero-order valence-electron chi connectivity index (χ0n) is 11.1. The van der Waals surface area contributed by atoms with E-state index < -0.39 is 0 Å². The third-order valence-corrected chi connectivity index (χ3v) is 3.75. The molecule has 2 bridgehead atoms. The van der Waals surface area contributed by atoms with Crippen LogP contribution < -0.4 is 4.74 Å². The molecule has 0 spiro atoms. The highest BCUT2D eigenvalue weighted by Gasteiger charge is 2.35. The Hall–Kier alpha value is -2.06. The van der Waals surface area contributed by atoms with E-state index in [-0.39, 0.29) is 24.7 Å². The summed E-state index contributed by atoms with van der Waals surface area (Å²) in [7, 11) is 0. The number of benzene rings is 1. The van der Waals surface area contributed by atoms with Gasteiger partial charge in [0.15, 0.2) is 6.61 Å². The first-order chi connectivity index (χ1) is 9.76. The van der Waals surface area contributed by atoms with Crippen LogP contribution in [0.25, 0.3) is 0 Å². The van der Waals surface area contributed by atoms with E-state index in [1.807, 2.05) is 0 Å². The van der Waals surface area contributed by atoms with Gasteiger partial charge in [0.2, 0.25) is 0 Å². The minimum absolute atomic E-state index is 0.0296. The molecule has 0 aromatic heterocycles. The number of hydrogen-bond donors (Lipinski definition) is 0. The van der Waals surface area contributed by atoms with Gasteiger partial charge in [0.25, 0.3) is 5.91 Å². The van der Waals surface area contributed by atoms with Crippen molar-refractivity contribution in [3.63, 3.8) is 0 Å². The van der Waals surface area contributed by atoms with Gasteiger partial charge >= 0.3 is 0 Å². The zero-order chi connectivity index (χ0) is 13.9. The van der Waals surface area contributed by atoms with Crippen LogP contribution in [-0.2, 0) is 9.53 Å². The van der Waals surface area contributed by atoms with Crippen molar-refractivity contribution in [3.05, 3.63) is 29.8 Å². The number of para-hydroxylation sites is 1. The number of carbonyl (C=O) groups excluding carboxylic acids is 1. The molecule has 1 aromatic rings. The number of hydrogen-bond acceptors (Lipinski definition) is 4. The minimum atomic E-state index is -0.0436. The molecule has 2 fully saturated rings. The Labute approximate surface area is 117 Å². The summed E-state index contributed by atoms with van der Waals surface area (Å²) in [5.74, 6) is 0.414. The van der Waals surface area contributed by atoms with Crippen LogP contribution in [0.2, 0.25) is 0 Å². The summed E-state index contributed by atoms with van der Waals surface area (Å²) < 4.78 is 11.2. The van der Waals surface area contributed by atoms with Gasteiger partial charge in [0.1, 0.15) is 11.8 Å². The van der Waals surface area contributed by atoms with Crippen LogP contribution in [0.4, 0.5) is 0 Å². The average Bonchev–Trinajstić information content (AvgIpc) is 2.83. The van der Waals surface area contributed by atoms with Gasteiger partial charge < -0.3 is 14.4 Å². The molecule has 2 aliphatic rings. The zero-order valence-corrected chi connectivity index (χ0v) is 11.1. The predicted octanol–water partition coefficient (Wildman–Crippen LogP) is 1.33. The van der Waals surface area contributed by atoms with Crippen molar-refractivity contribution >= 4 is 5.91 Å². The van der Waals surface area contributed by atoms with Crippen LogP contribution >= 0.6 is 0 Å². The van der Waals surface area contributed by atoms with Gasteiger partial charge in [0.05, 0.1) is 17.8 Å². The van der Waals surface area contributed by atoms with Crippen molar-refractivity contribution < 1.29 is 14.3 Å². The number of carbonyl (C=O) groups is 1. The number of nitriles is 1. The first kappa shape index (κ1) is 12.9. The molecule has 3 rings (SSSR count). The van der Waals surface area contributed by atoms with Gasteiger partial charge in [-0.25, -0.2) is 0 Å². The Balaban J connectivity index is 1.58. The topological polar surface area (TPSA) is 62.6 Å². The van der Waals surface area contributed by atoms with E-state index in [0.717, 1.165) is 12.8 Å². The summed E-state index contributed by atoms with van der Waals surface area (Å²) in [4.78, 5) is 14.0. The van der Waals surface area contributed by atoms with Crippen LogP contribution in [-0.4, -0.2) is 42.7 Å². The molecule has 2 unspecified atom stereocenters. The van der Waals surface area contributed by atoms with Crippen molar-refractivity contribution in [2.24, 2.45) is 0 Å². The van der Waals surface area contributed by atoms with Crippen LogP contribution in [0.5, 0.6) is 5.75 Å². The second-order valence-electron chi connectivity index (χ2n) is 5.15. The van der Waals surface area contributed by atoms with E-state index in [0.29, 0.717) is 24.4 Å². The highest BCUT2D eigenvalue weighted by Crippen LogP contribution is 2.26. The molecule has 2 aliphatic heterocycles. The molecule has 5 nitrogen and oxygen atoms in total. The van der Waals surface area contributed by atoms with Crippen LogP contribution in [0.3, 0.4) is 0 Å². The Morgan fingerprint density at radius 3 is 2.75 bits per heavy atom. The Morgan fingerprint density at radius 2 is 2.05 bits per heavy atom. The lowest BCUT2D eigenvalue weighted by atomic mass is 10.2. The molecule has 0 aliphatic carbocycles. The fraction of sp³-hybridized carbons (Fsp3) is 0.467. The van der Waals surface area contributed by atoms with Crippen molar-refractivity contribution in [3.8, 4) is 11.8 Å². The van der Waals surface area contributed by atoms with Crippen LogP contribution in [0.1, 0.15) is 18.4 Å². The second kappa shape index (κ2) is 5.51. The maximum atomic E-state index is 12.2. The quantitative estimate of drug-likeness (QED) is 0.832. The SMILES string of the molecule is N#Cc1ccccc1OCC(=O)N1CC2CCC(C1)O2. The third-order valence-electron chi connectivity index (χ3n) is 3.75. The molecule has 104 valence electrons. The van der Waals surface area contributed by atoms with E-state index in [1.54, 1.807) is 29.2 Å². The average molecular weight is 272 g/mol. The van der Waals surface area contributed by atoms with Gasteiger partial charge in [-0.2, -0.15) is 5.26 Å². The van der Waals surface area contributed by atoms with E-state index in [4.69, 9.17) is 14.7 Å². The first-order valence-corrected chi connectivity index (χ1v) is 6.81. The fourth-order valence-corrected chi connectivity index (χ4v) is 2.73. The molecule has 20 heavy (non-hydrogen) atoms. The molecule has 0 N–H and O–H groups in total. The molecule has 1 amide bonds. The van der Waals surface area contributed by atoms with E-state index in [2.05, 4.69) is 6.07 Å². The predicted molar refractivity (Wildman–Crippen MR) is 71.1 cm³/mol. The van der Waals surface area contributed by atoms with Crippen molar-refractivity contribution in [2.45, 2.75) is 25.0 Å². The van der Waals surface area contributed by atoms with Crippen molar-refractivity contribution in [1.29, 1.82) is 5.26 Å². The van der Waals surface area contributed by atoms with Gasteiger partial charge in [-0.15, -0.1) is 0 Å². The Bertz CT molecular complexity index is 540. The fourth-order valence-electron chi connectivity index (χ4n) is 2.73. The number of likely N-dealkylation sites (tertiary alicyclic amines) is 1. The highest BCUT2D eigenvalue weighted by atomic mass is 16.5. The van der Waals surface area contributed by atoms with Gasteiger partial charge in [0, 0.05) is 13.1 Å². The summed E-state index contributed by atoms with van der Waals surface area (Å²) >= 11 is 0. The molecule has 1 aromatic carbocycles. The summed E-state index contributed by atoms with van der Waals surface area (Å²) in [6.45, 7) is 1.27. The van der Waals surface area contributed by atoms with E-state index >= 15 is 0 Å². The first-order valence-electron chi connectivity index (χ1n) is 6.81. The lowest BCUT2D eigenvalue weighted by Gasteiger charge is -2.32. The van der Waals surface area contributed by atoms with Gasteiger partial charge in [-0.05, 0) is 25.0 Å². The summed E-state index contributed by atoms with van der Waals surface area (Å²) in [5, 5.41) is 8.97. The molecule has 2 atom stereocenters.